The molecule has 1 heterocycles. The number of rotatable bonds is 7. The number of amides is 1. The third kappa shape index (κ3) is 4.69. The lowest BCUT2D eigenvalue weighted by molar-refractivity contribution is 0.0761. The number of carbonyl (C=O) groups is 1. The van der Waals surface area contributed by atoms with E-state index >= 15 is 0 Å². The van der Waals surface area contributed by atoms with Crippen LogP contribution in [-0.2, 0) is 16.6 Å². The molecule has 2 aromatic rings. The fraction of sp³-hybridized carbons (Fsp3) is 0.286. The van der Waals surface area contributed by atoms with Crippen LogP contribution in [0.5, 0.6) is 0 Å². The van der Waals surface area contributed by atoms with Crippen LogP contribution in [0, 0.1) is 5.82 Å². The van der Waals surface area contributed by atoms with Crippen LogP contribution >= 0.6 is 11.6 Å². The molecule has 1 saturated heterocycles. The number of hydrogen-bond acceptors (Lipinski definition) is 3. The summed E-state index contributed by atoms with van der Waals surface area (Å²) in [6.45, 7) is 4.74. The molecule has 0 aromatic heterocycles. The molecule has 0 unspecified atom stereocenters. The first kappa shape index (κ1) is 21.5. The Morgan fingerprint density at radius 1 is 1.21 bits per heavy atom. The van der Waals surface area contributed by atoms with E-state index in [2.05, 4.69) is 6.58 Å². The Balaban J connectivity index is 1.93. The standard InChI is InChI=1S/C21H22ClFN2O3S/c1-2-11-24(15-16-7-3-4-8-20(16)23)21(26)18-14-17(9-10-19(18)22)29(27,28)25-12-5-6-13-25/h2-4,7-10,14H,1,5-6,11-13,15H2. The van der Waals surface area contributed by atoms with E-state index in [1.54, 1.807) is 18.2 Å². The van der Waals surface area contributed by atoms with Crippen molar-refractivity contribution in [2.75, 3.05) is 19.6 Å². The largest absolute Gasteiger partial charge is 0.330 e. The van der Waals surface area contributed by atoms with Crippen LogP contribution in [-0.4, -0.2) is 43.2 Å². The Morgan fingerprint density at radius 3 is 2.55 bits per heavy atom. The predicted octanol–water partition coefficient (Wildman–Crippen LogP) is 4.09. The molecular weight excluding hydrogens is 415 g/mol. The van der Waals surface area contributed by atoms with Crippen molar-refractivity contribution in [2.45, 2.75) is 24.3 Å². The average molecular weight is 437 g/mol. The summed E-state index contributed by atoms with van der Waals surface area (Å²) in [4.78, 5) is 14.5. The Bertz CT molecular complexity index is 1020. The molecule has 0 N–H and O–H groups in total. The zero-order valence-electron chi connectivity index (χ0n) is 15.9. The molecule has 1 aliphatic heterocycles. The molecule has 5 nitrogen and oxygen atoms in total. The van der Waals surface area contributed by atoms with E-state index in [0.29, 0.717) is 18.7 Å². The van der Waals surface area contributed by atoms with Crippen molar-refractivity contribution in [3.63, 3.8) is 0 Å². The molecule has 0 radical (unpaired) electrons. The van der Waals surface area contributed by atoms with Gasteiger partial charge >= 0.3 is 0 Å². The van der Waals surface area contributed by atoms with E-state index in [1.165, 1.54) is 39.5 Å². The van der Waals surface area contributed by atoms with Crippen LogP contribution in [0.4, 0.5) is 4.39 Å². The molecule has 0 bridgehead atoms. The first-order valence-corrected chi connectivity index (χ1v) is 11.1. The molecule has 29 heavy (non-hydrogen) atoms. The van der Waals surface area contributed by atoms with Crippen LogP contribution in [0.3, 0.4) is 0 Å². The number of carbonyl (C=O) groups excluding carboxylic acids is 1. The van der Waals surface area contributed by atoms with Crippen molar-refractivity contribution < 1.29 is 17.6 Å². The third-order valence-corrected chi connectivity index (χ3v) is 7.05. The van der Waals surface area contributed by atoms with Crippen molar-refractivity contribution in [1.82, 2.24) is 9.21 Å². The van der Waals surface area contributed by atoms with Crippen LogP contribution in [0.1, 0.15) is 28.8 Å². The minimum absolute atomic E-state index is 0.0109. The Labute approximate surface area is 175 Å². The molecule has 0 atom stereocenters. The van der Waals surface area contributed by atoms with Gasteiger partial charge in [-0.2, -0.15) is 4.31 Å². The Morgan fingerprint density at radius 2 is 1.90 bits per heavy atom. The second-order valence-electron chi connectivity index (χ2n) is 6.82. The van der Waals surface area contributed by atoms with Gasteiger partial charge in [0, 0.05) is 31.7 Å². The topological polar surface area (TPSA) is 57.7 Å². The monoisotopic (exact) mass is 436 g/mol. The summed E-state index contributed by atoms with van der Waals surface area (Å²) < 4.78 is 41.1. The van der Waals surface area contributed by atoms with Crippen LogP contribution in [0.2, 0.25) is 5.02 Å². The maximum Gasteiger partial charge on any atom is 0.255 e. The zero-order valence-corrected chi connectivity index (χ0v) is 17.4. The van der Waals surface area contributed by atoms with Gasteiger partial charge in [0.05, 0.1) is 15.5 Å². The van der Waals surface area contributed by atoms with Crippen LogP contribution in [0.15, 0.2) is 60.0 Å². The SMILES string of the molecule is C=CCN(Cc1ccccc1F)C(=O)c1cc(S(=O)(=O)N2CCCC2)ccc1Cl. The van der Waals surface area contributed by atoms with Crippen LogP contribution < -0.4 is 0 Å². The van der Waals surface area contributed by atoms with Gasteiger partial charge in [-0.1, -0.05) is 35.9 Å². The summed E-state index contributed by atoms with van der Waals surface area (Å²) in [6.07, 6.45) is 3.15. The number of halogens is 2. The van der Waals surface area contributed by atoms with E-state index in [1.807, 2.05) is 0 Å². The Hall–Kier alpha value is -2.22. The number of hydrogen-bond donors (Lipinski definition) is 0. The van der Waals surface area contributed by atoms with E-state index < -0.39 is 21.7 Å². The van der Waals surface area contributed by atoms with E-state index in [4.69, 9.17) is 11.6 Å². The molecule has 0 spiro atoms. The van der Waals surface area contributed by atoms with Crippen LogP contribution in [0.25, 0.3) is 0 Å². The van der Waals surface area contributed by atoms with Gasteiger partial charge in [-0.15, -0.1) is 6.58 Å². The summed E-state index contributed by atoms with van der Waals surface area (Å²) in [5.74, 6) is -0.914. The van der Waals surface area contributed by atoms with Gasteiger partial charge in [0.1, 0.15) is 5.82 Å². The summed E-state index contributed by atoms with van der Waals surface area (Å²) in [7, 11) is -3.69. The highest BCUT2D eigenvalue weighted by Gasteiger charge is 2.29. The second kappa shape index (κ2) is 9.07. The summed E-state index contributed by atoms with van der Waals surface area (Å²) >= 11 is 6.22. The molecule has 2 aromatic carbocycles. The zero-order chi connectivity index (χ0) is 21.0. The lowest BCUT2D eigenvalue weighted by Crippen LogP contribution is -2.32. The van der Waals surface area contributed by atoms with Gasteiger partial charge in [-0.25, -0.2) is 12.8 Å². The summed E-state index contributed by atoms with van der Waals surface area (Å²) in [5, 5.41) is 0.137. The van der Waals surface area contributed by atoms with Gasteiger partial charge in [0.2, 0.25) is 10.0 Å². The van der Waals surface area contributed by atoms with E-state index in [0.717, 1.165) is 12.8 Å². The number of nitrogens with zero attached hydrogens (tertiary/aromatic N) is 2. The summed E-state index contributed by atoms with van der Waals surface area (Å²) in [5.41, 5.74) is 0.407. The Kier molecular flexibility index (Phi) is 6.72. The van der Waals surface area contributed by atoms with Gasteiger partial charge in [-0.05, 0) is 37.1 Å². The molecule has 1 aliphatic rings. The molecule has 3 rings (SSSR count). The van der Waals surface area contributed by atoms with Gasteiger partial charge in [0.25, 0.3) is 5.91 Å². The average Bonchev–Trinajstić information content (AvgIpc) is 3.25. The first-order chi connectivity index (χ1) is 13.8. The molecule has 1 fully saturated rings. The summed E-state index contributed by atoms with van der Waals surface area (Å²) in [6, 6.07) is 10.3. The smallest absolute Gasteiger partial charge is 0.255 e. The maximum absolute atomic E-state index is 14.1. The molecule has 1 amide bonds. The molecule has 0 aliphatic carbocycles. The highest BCUT2D eigenvalue weighted by atomic mass is 35.5. The lowest BCUT2D eigenvalue weighted by Gasteiger charge is -2.23. The fourth-order valence-electron chi connectivity index (χ4n) is 3.28. The maximum atomic E-state index is 14.1. The van der Waals surface area contributed by atoms with Crippen molar-refractivity contribution in [1.29, 1.82) is 0 Å². The van der Waals surface area contributed by atoms with Gasteiger partial charge in [-0.3, -0.25) is 4.79 Å². The van der Waals surface area contributed by atoms with Crippen molar-refractivity contribution in [2.24, 2.45) is 0 Å². The van der Waals surface area contributed by atoms with E-state index in [9.17, 15) is 17.6 Å². The highest BCUT2D eigenvalue weighted by Crippen LogP contribution is 2.26. The van der Waals surface area contributed by atoms with Crippen molar-refractivity contribution >= 4 is 27.5 Å². The van der Waals surface area contributed by atoms with Crippen molar-refractivity contribution in [3.05, 3.63) is 77.1 Å². The quantitative estimate of drug-likeness (QED) is 0.614. The molecule has 154 valence electrons. The minimum atomic E-state index is -3.69. The first-order valence-electron chi connectivity index (χ1n) is 9.28. The molecule has 0 saturated carbocycles. The lowest BCUT2D eigenvalue weighted by atomic mass is 10.1. The highest BCUT2D eigenvalue weighted by molar-refractivity contribution is 7.89. The third-order valence-electron chi connectivity index (χ3n) is 4.83. The number of sulfonamides is 1. The molecule has 8 heteroatoms. The fourth-order valence-corrected chi connectivity index (χ4v) is 5.03. The van der Waals surface area contributed by atoms with E-state index in [-0.39, 0.29) is 28.6 Å². The second-order valence-corrected chi connectivity index (χ2v) is 9.16. The van der Waals surface area contributed by atoms with Gasteiger partial charge < -0.3 is 4.90 Å². The van der Waals surface area contributed by atoms with Gasteiger partial charge in [0.15, 0.2) is 0 Å². The normalized spacial score (nSPS) is 14.7. The minimum Gasteiger partial charge on any atom is -0.330 e. The number of benzene rings is 2. The van der Waals surface area contributed by atoms with Crippen molar-refractivity contribution in [3.8, 4) is 0 Å². The predicted molar refractivity (Wildman–Crippen MR) is 111 cm³/mol. The molecular formula is C21H22ClFN2O3S.